The number of aryl methyl sites for hydroxylation is 2. The van der Waals surface area contributed by atoms with Gasteiger partial charge in [-0.1, -0.05) is 26.2 Å². The quantitative estimate of drug-likeness (QED) is 0.420. The van der Waals surface area contributed by atoms with Gasteiger partial charge in [0.2, 0.25) is 11.8 Å². The van der Waals surface area contributed by atoms with E-state index < -0.39 is 6.04 Å². The van der Waals surface area contributed by atoms with Crippen molar-refractivity contribution < 1.29 is 14.4 Å². The number of likely N-dealkylation sites (tertiary alicyclic amines) is 1. The molecule has 3 fully saturated rings. The van der Waals surface area contributed by atoms with Gasteiger partial charge in [-0.2, -0.15) is 5.10 Å². The molecule has 6 rings (SSSR count). The molecule has 9 nitrogen and oxygen atoms in total. The fourth-order valence-electron chi connectivity index (χ4n) is 7.25. The van der Waals surface area contributed by atoms with E-state index in [1.165, 1.54) is 26.2 Å². The van der Waals surface area contributed by atoms with E-state index in [1.54, 1.807) is 17.1 Å². The van der Waals surface area contributed by atoms with Gasteiger partial charge in [-0.15, -0.1) is 0 Å². The molecule has 0 radical (unpaired) electrons. The number of hydrogen-bond donors (Lipinski definition) is 1. The molecular formula is C32H40N6O3. The van der Waals surface area contributed by atoms with Gasteiger partial charge in [0, 0.05) is 42.4 Å². The van der Waals surface area contributed by atoms with Gasteiger partial charge in [-0.3, -0.25) is 19.1 Å². The summed E-state index contributed by atoms with van der Waals surface area (Å²) in [6.07, 6.45) is 11.2. The Morgan fingerprint density at radius 2 is 1.76 bits per heavy atom. The van der Waals surface area contributed by atoms with Gasteiger partial charge < -0.3 is 10.2 Å². The van der Waals surface area contributed by atoms with E-state index in [2.05, 4.69) is 34.2 Å². The van der Waals surface area contributed by atoms with E-state index >= 15 is 0 Å². The molecule has 3 aliphatic rings. The number of carbonyl (C=O) groups excluding carboxylic acids is 3. The third-order valence-corrected chi connectivity index (χ3v) is 9.72. The number of rotatable bonds is 7. The smallest absolute Gasteiger partial charge is 0.245 e. The number of Topliss-reactive ketones (excluding diaryl/α,β-unsaturated/α-hetero) is 1. The zero-order valence-corrected chi connectivity index (χ0v) is 24.7. The average Bonchev–Trinajstić information content (AvgIpc) is 3.30. The highest BCUT2D eigenvalue weighted by molar-refractivity contribution is 6.07. The average molecular weight is 557 g/mol. The molecule has 1 N–H and O–H groups in total. The number of aromatic nitrogens is 4. The second-order valence-electron chi connectivity index (χ2n) is 12.9. The molecule has 3 aromatic rings. The van der Waals surface area contributed by atoms with Crippen molar-refractivity contribution in [2.45, 2.75) is 104 Å². The van der Waals surface area contributed by atoms with Crippen LogP contribution in [0.15, 0.2) is 24.5 Å². The van der Waals surface area contributed by atoms with Gasteiger partial charge in [-0.25, -0.2) is 9.97 Å². The number of nitrogens with one attached hydrogen (secondary N) is 1. The van der Waals surface area contributed by atoms with Crippen LogP contribution in [0.1, 0.15) is 87.6 Å². The van der Waals surface area contributed by atoms with Crippen molar-refractivity contribution in [1.82, 2.24) is 30.0 Å². The predicted octanol–water partition coefficient (Wildman–Crippen LogP) is 4.78. The third kappa shape index (κ3) is 5.04. The standard InChI is InChI=1S/C32H40N6O3/c1-18-11-23(24-15-33-21(4)34-16-24)12-25-29(20(3)39)36-37(30(18)25)17-28(40)38-26(13-32(5)14-27(32)38)31(41)35-19(2)22-9-7-6-8-10-22/h11-12,15-16,19,22,26-27H,6-10,13-14,17H2,1-5H3,(H,35,41)/t19-,26-,27+,32-/m0/s1. The monoisotopic (exact) mass is 556 g/mol. The summed E-state index contributed by atoms with van der Waals surface area (Å²) in [5.74, 6) is 0.856. The normalized spacial score (nSPS) is 24.8. The summed E-state index contributed by atoms with van der Waals surface area (Å²) in [6, 6.07) is 3.64. The lowest BCUT2D eigenvalue weighted by Crippen LogP contribution is -2.52. The molecule has 0 spiro atoms. The first kappa shape index (κ1) is 27.5. The van der Waals surface area contributed by atoms with Gasteiger partial charge >= 0.3 is 0 Å². The van der Waals surface area contributed by atoms with Crippen molar-refractivity contribution in [3.05, 3.63) is 41.6 Å². The summed E-state index contributed by atoms with van der Waals surface area (Å²) in [5, 5.41) is 8.61. The van der Waals surface area contributed by atoms with E-state index in [0.29, 0.717) is 29.2 Å². The molecular weight excluding hydrogens is 516 g/mol. The van der Waals surface area contributed by atoms with E-state index in [4.69, 9.17) is 0 Å². The first-order valence-electron chi connectivity index (χ1n) is 15.0. The van der Waals surface area contributed by atoms with E-state index in [1.807, 2.05) is 30.9 Å². The number of carbonyl (C=O) groups is 3. The Bertz CT molecular complexity index is 1520. The maximum Gasteiger partial charge on any atom is 0.245 e. The van der Waals surface area contributed by atoms with Gasteiger partial charge in [0.1, 0.15) is 24.1 Å². The Kier molecular flexibility index (Phi) is 6.94. The Balaban J connectivity index is 1.27. The van der Waals surface area contributed by atoms with Crippen LogP contribution in [0.5, 0.6) is 0 Å². The number of benzene rings is 1. The van der Waals surface area contributed by atoms with Crippen molar-refractivity contribution >= 4 is 28.5 Å². The van der Waals surface area contributed by atoms with Crippen molar-refractivity contribution in [3.8, 4) is 11.1 Å². The van der Waals surface area contributed by atoms with Crippen LogP contribution in [-0.2, 0) is 16.1 Å². The van der Waals surface area contributed by atoms with Crippen LogP contribution in [0, 0.1) is 25.2 Å². The van der Waals surface area contributed by atoms with Gasteiger partial charge in [-0.05, 0) is 81.0 Å². The van der Waals surface area contributed by atoms with Crippen molar-refractivity contribution in [2.24, 2.45) is 11.3 Å². The minimum atomic E-state index is -0.472. The van der Waals surface area contributed by atoms with Crippen LogP contribution in [0.25, 0.3) is 22.0 Å². The lowest BCUT2D eigenvalue weighted by Gasteiger charge is -2.32. The molecule has 3 heterocycles. The summed E-state index contributed by atoms with van der Waals surface area (Å²) >= 11 is 0. The number of fused-ring (bicyclic) bond motifs is 2. The molecule has 41 heavy (non-hydrogen) atoms. The molecule has 2 saturated carbocycles. The molecule has 2 amide bonds. The van der Waals surface area contributed by atoms with E-state index in [9.17, 15) is 14.4 Å². The van der Waals surface area contributed by atoms with Gasteiger partial charge in [0.25, 0.3) is 0 Å². The number of ketones is 1. The van der Waals surface area contributed by atoms with E-state index in [0.717, 1.165) is 41.5 Å². The summed E-state index contributed by atoms with van der Waals surface area (Å²) < 4.78 is 1.65. The maximum absolute atomic E-state index is 13.9. The van der Waals surface area contributed by atoms with Crippen LogP contribution >= 0.6 is 0 Å². The van der Waals surface area contributed by atoms with Crippen molar-refractivity contribution in [2.75, 3.05) is 0 Å². The number of piperidine rings is 1. The zero-order chi connectivity index (χ0) is 29.1. The molecule has 0 unspecified atom stereocenters. The summed E-state index contributed by atoms with van der Waals surface area (Å²) in [4.78, 5) is 50.6. The molecule has 216 valence electrons. The highest BCUT2D eigenvalue weighted by Crippen LogP contribution is 2.59. The zero-order valence-electron chi connectivity index (χ0n) is 24.7. The highest BCUT2D eigenvalue weighted by atomic mass is 16.2. The third-order valence-electron chi connectivity index (χ3n) is 9.72. The second-order valence-corrected chi connectivity index (χ2v) is 12.9. The largest absolute Gasteiger partial charge is 0.352 e. The second kappa shape index (κ2) is 10.3. The predicted molar refractivity (Wildman–Crippen MR) is 156 cm³/mol. The fourth-order valence-corrected chi connectivity index (χ4v) is 7.25. The summed E-state index contributed by atoms with van der Waals surface area (Å²) in [6.45, 7) is 9.55. The molecule has 0 bridgehead atoms. The number of nitrogens with zero attached hydrogens (tertiary/aromatic N) is 5. The van der Waals surface area contributed by atoms with Crippen molar-refractivity contribution in [3.63, 3.8) is 0 Å². The highest BCUT2D eigenvalue weighted by Gasteiger charge is 2.64. The van der Waals surface area contributed by atoms with Crippen LogP contribution in [0.3, 0.4) is 0 Å². The fraction of sp³-hybridized carbons (Fsp3) is 0.562. The Morgan fingerprint density at radius 3 is 2.44 bits per heavy atom. The molecule has 2 aromatic heterocycles. The summed E-state index contributed by atoms with van der Waals surface area (Å²) in [5.41, 5.74) is 3.72. The van der Waals surface area contributed by atoms with Crippen LogP contribution < -0.4 is 5.32 Å². The topological polar surface area (TPSA) is 110 Å². The van der Waals surface area contributed by atoms with Gasteiger partial charge in [0.15, 0.2) is 5.78 Å². The number of amides is 2. The lowest BCUT2D eigenvalue weighted by molar-refractivity contribution is -0.140. The molecule has 1 aliphatic heterocycles. The first-order valence-corrected chi connectivity index (χ1v) is 15.0. The molecule has 2 aliphatic carbocycles. The lowest BCUT2D eigenvalue weighted by atomic mass is 9.84. The summed E-state index contributed by atoms with van der Waals surface area (Å²) in [7, 11) is 0. The molecule has 1 aromatic carbocycles. The Hall–Kier alpha value is -3.62. The molecule has 4 atom stereocenters. The maximum atomic E-state index is 13.9. The number of hydrogen-bond acceptors (Lipinski definition) is 6. The van der Waals surface area contributed by atoms with Gasteiger partial charge in [0.05, 0.1) is 5.52 Å². The molecule has 1 saturated heterocycles. The minimum absolute atomic E-state index is 0.0105. The van der Waals surface area contributed by atoms with Crippen molar-refractivity contribution in [1.29, 1.82) is 0 Å². The SMILES string of the molecule is CC(=O)c1nn(CC(=O)N2[C@H](C(=O)N[C@@H](C)C3CCCCC3)C[C@@]3(C)C[C@@H]23)c2c(C)cc(-c3cnc(C)nc3)cc12. The molecule has 9 heteroatoms. The van der Waals surface area contributed by atoms with E-state index in [-0.39, 0.29) is 41.6 Å². The first-order chi connectivity index (χ1) is 19.6. The van der Waals surface area contributed by atoms with Crippen LogP contribution in [0.4, 0.5) is 0 Å². The Labute approximate surface area is 241 Å². The van der Waals surface area contributed by atoms with Crippen LogP contribution in [-0.4, -0.2) is 60.4 Å². The minimum Gasteiger partial charge on any atom is -0.352 e. The van der Waals surface area contributed by atoms with Crippen LogP contribution in [0.2, 0.25) is 0 Å². The Morgan fingerprint density at radius 1 is 1.05 bits per heavy atom.